The lowest BCUT2D eigenvalue weighted by atomic mass is 9.95. The van der Waals surface area contributed by atoms with Crippen LogP contribution in [0.1, 0.15) is 0 Å². The van der Waals surface area contributed by atoms with Crippen molar-refractivity contribution in [1.82, 2.24) is 59.0 Å². The Kier molecular flexibility index (Phi) is 14.6. The molecule has 476 valence electrons. The van der Waals surface area contributed by atoms with Crippen LogP contribution in [0.25, 0.3) is 189 Å². The smallest absolute Gasteiger partial charge is 0.238 e. The SMILES string of the molecule is c1ccc(-c2nc(-c3ccccc3)nc(-c3cc(-c4cccc(-c5ccc6ccc7cccnc7c6n5)c4)cc(-c4ccc5ccc6cccnc6c5n4)c3)n2)cc1.c1ccc(-c2nc(-c3ccccc3)nc(-n3c4ccccc4c4cc(-n5c6ccccc6c6ccccc65)ccc43)n2)cc1. The maximum absolute atomic E-state index is 5.26. The molecule has 0 amide bonds. The molecule has 12 aromatic carbocycles. The van der Waals surface area contributed by atoms with Gasteiger partial charge in [0, 0.05) is 100 Å². The van der Waals surface area contributed by atoms with E-state index in [9.17, 15) is 0 Å². The number of pyridine rings is 4. The summed E-state index contributed by atoms with van der Waals surface area (Å²) in [5, 5.41) is 8.97. The second kappa shape index (κ2) is 25.1. The van der Waals surface area contributed by atoms with E-state index in [0.717, 1.165) is 133 Å². The van der Waals surface area contributed by atoms with Crippen LogP contribution >= 0.6 is 0 Å². The zero-order chi connectivity index (χ0) is 67.5. The van der Waals surface area contributed by atoms with Crippen LogP contribution in [0.5, 0.6) is 0 Å². The standard InChI is InChI=1S/C51H31N7.C39H25N5/c1-3-10-36(11-4-1)49-56-50(37-12-5-2-6-13-37)58-51(57-49)42-30-40(29-41(31-42)44-25-23-35-21-19-33-17-9-27-53-46(33)48(35)55-44)38-14-7-15-39(28-38)43-24-22-34-20-18-32-16-8-26-52-45(32)47(34)54-43;1-3-13-26(14-4-1)37-40-38(27-15-5-2-6-16-27)42-39(41-37)44-35-22-12-9-19-31(35)32-25-28(23-24-36(32)44)43-33-20-10-7-17-29(33)30-18-8-11-21-34(30)43/h1-31H;1-25H. The van der Waals surface area contributed by atoms with Crippen LogP contribution in [0, 0.1) is 0 Å². The maximum Gasteiger partial charge on any atom is 0.238 e. The first-order valence-corrected chi connectivity index (χ1v) is 33.9. The quantitative estimate of drug-likeness (QED) is 0.122. The Morgan fingerprint density at radius 2 is 0.559 bits per heavy atom. The highest BCUT2D eigenvalue weighted by molar-refractivity contribution is 6.12. The van der Waals surface area contributed by atoms with Gasteiger partial charge in [0.15, 0.2) is 29.1 Å². The maximum atomic E-state index is 5.26. The molecule has 0 fully saturated rings. The van der Waals surface area contributed by atoms with Crippen LogP contribution < -0.4 is 0 Å². The van der Waals surface area contributed by atoms with E-state index in [1.54, 1.807) is 0 Å². The summed E-state index contributed by atoms with van der Waals surface area (Å²) in [5.41, 5.74) is 19.3. The first-order valence-electron chi connectivity index (χ1n) is 33.9. The Labute approximate surface area is 585 Å². The third-order valence-corrected chi connectivity index (χ3v) is 18.9. The van der Waals surface area contributed by atoms with Gasteiger partial charge in [-0.2, -0.15) is 9.97 Å². The zero-order valence-corrected chi connectivity index (χ0v) is 54.7. The molecular formula is C90H56N12. The highest BCUT2D eigenvalue weighted by atomic mass is 15.2. The number of nitrogens with zero attached hydrogens (tertiary/aromatic N) is 12. The minimum Gasteiger partial charge on any atom is -0.309 e. The monoisotopic (exact) mass is 1300 g/mol. The molecule has 20 rings (SSSR count). The Morgan fingerprint density at radius 1 is 0.196 bits per heavy atom. The summed E-state index contributed by atoms with van der Waals surface area (Å²) in [6, 6.07) is 113. The minimum absolute atomic E-state index is 0.565. The molecule has 0 radical (unpaired) electrons. The Morgan fingerprint density at radius 3 is 1.07 bits per heavy atom. The summed E-state index contributed by atoms with van der Waals surface area (Å²) in [6.07, 6.45) is 3.64. The van der Waals surface area contributed by atoms with Gasteiger partial charge in [0.1, 0.15) is 0 Å². The summed E-state index contributed by atoms with van der Waals surface area (Å²) in [6.45, 7) is 0. The van der Waals surface area contributed by atoms with Gasteiger partial charge in [-0.05, 0) is 96.1 Å². The fourth-order valence-corrected chi connectivity index (χ4v) is 14.0. The fourth-order valence-electron chi connectivity index (χ4n) is 14.0. The fraction of sp³-hybridized carbons (Fsp3) is 0. The largest absolute Gasteiger partial charge is 0.309 e. The van der Waals surface area contributed by atoms with E-state index in [2.05, 4.69) is 208 Å². The van der Waals surface area contributed by atoms with Gasteiger partial charge in [-0.15, -0.1) is 0 Å². The summed E-state index contributed by atoms with van der Waals surface area (Å²) >= 11 is 0. The van der Waals surface area contributed by atoms with E-state index in [0.29, 0.717) is 35.1 Å². The third kappa shape index (κ3) is 10.8. The number of rotatable bonds is 10. The van der Waals surface area contributed by atoms with Crippen LogP contribution in [0.3, 0.4) is 0 Å². The van der Waals surface area contributed by atoms with Crippen LogP contribution in [0.2, 0.25) is 0 Å². The molecular weight excluding hydrogens is 1250 g/mol. The average Bonchev–Trinajstić information content (AvgIpc) is 1.54. The van der Waals surface area contributed by atoms with Crippen LogP contribution in [0.15, 0.2) is 340 Å². The van der Waals surface area contributed by atoms with Gasteiger partial charge >= 0.3 is 0 Å². The number of hydrogen-bond donors (Lipinski definition) is 0. The molecule has 20 aromatic rings. The molecule has 0 aliphatic carbocycles. The Hall–Kier alpha value is -14.1. The van der Waals surface area contributed by atoms with Gasteiger partial charge in [0.05, 0.1) is 55.5 Å². The van der Waals surface area contributed by atoms with Crippen molar-refractivity contribution in [2.45, 2.75) is 0 Å². The van der Waals surface area contributed by atoms with Crippen LogP contribution in [-0.2, 0) is 0 Å². The molecule has 0 aliphatic heterocycles. The van der Waals surface area contributed by atoms with Gasteiger partial charge < -0.3 is 4.57 Å². The summed E-state index contributed by atoms with van der Waals surface area (Å²) in [7, 11) is 0. The van der Waals surface area contributed by atoms with Crippen molar-refractivity contribution in [3.05, 3.63) is 340 Å². The number of fused-ring (bicyclic) bond motifs is 12. The third-order valence-electron chi connectivity index (χ3n) is 18.9. The van der Waals surface area contributed by atoms with Crippen molar-refractivity contribution in [3.8, 4) is 102 Å². The average molecular weight is 1310 g/mol. The molecule has 0 unspecified atom stereocenters. The van der Waals surface area contributed by atoms with Gasteiger partial charge in [-0.1, -0.05) is 243 Å². The highest BCUT2D eigenvalue weighted by Gasteiger charge is 2.22. The summed E-state index contributed by atoms with van der Waals surface area (Å²) < 4.78 is 4.53. The molecule has 0 saturated heterocycles. The van der Waals surface area contributed by atoms with Gasteiger partial charge in [0.25, 0.3) is 0 Å². The second-order valence-corrected chi connectivity index (χ2v) is 25.2. The molecule has 12 nitrogen and oxygen atoms in total. The normalized spacial score (nSPS) is 11.5. The first-order chi connectivity index (χ1) is 50.5. The molecule has 0 atom stereocenters. The molecule has 8 aromatic heterocycles. The number of para-hydroxylation sites is 3. The van der Waals surface area contributed by atoms with E-state index in [1.165, 1.54) is 21.8 Å². The van der Waals surface area contributed by atoms with E-state index in [-0.39, 0.29) is 0 Å². The lowest BCUT2D eigenvalue weighted by Crippen LogP contribution is -2.06. The van der Waals surface area contributed by atoms with E-state index >= 15 is 0 Å². The second-order valence-electron chi connectivity index (χ2n) is 25.2. The minimum atomic E-state index is 0.565. The van der Waals surface area contributed by atoms with Gasteiger partial charge in [-0.25, -0.2) is 29.9 Å². The van der Waals surface area contributed by atoms with Crippen molar-refractivity contribution in [2.24, 2.45) is 0 Å². The highest BCUT2D eigenvalue weighted by Crippen LogP contribution is 2.40. The molecule has 8 heterocycles. The predicted octanol–water partition coefficient (Wildman–Crippen LogP) is 21.5. The molecule has 12 heteroatoms. The number of aromatic nitrogens is 12. The molecule has 0 bridgehead atoms. The van der Waals surface area contributed by atoms with E-state index in [1.807, 2.05) is 146 Å². The lowest BCUT2D eigenvalue weighted by Gasteiger charge is -2.13. The molecule has 0 N–H and O–H groups in total. The summed E-state index contributed by atoms with van der Waals surface area (Å²) in [5.74, 6) is 3.64. The van der Waals surface area contributed by atoms with Crippen molar-refractivity contribution < 1.29 is 0 Å². The van der Waals surface area contributed by atoms with Crippen molar-refractivity contribution in [2.75, 3.05) is 0 Å². The molecule has 0 aliphatic rings. The first kappa shape index (κ1) is 59.2. The molecule has 102 heavy (non-hydrogen) atoms. The molecule has 0 saturated carbocycles. The number of benzene rings is 12. The Balaban J connectivity index is 0.000000147. The van der Waals surface area contributed by atoms with E-state index < -0.39 is 0 Å². The zero-order valence-electron chi connectivity index (χ0n) is 54.7. The summed E-state index contributed by atoms with van der Waals surface area (Å²) in [4.78, 5) is 50.0. The van der Waals surface area contributed by atoms with Gasteiger partial charge in [0.2, 0.25) is 5.95 Å². The van der Waals surface area contributed by atoms with Crippen LogP contribution in [0.4, 0.5) is 0 Å². The van der Waals surface area contributed by atoms with E-state index in [4.69, 9.17) is 44.9 Å². The van der Waals surface area contributed by atoms with Gasteiger partial charge in [-0.3, -0.25) is 14.5 Å². The number of hydrogen-bond acceptors (Lipinski definition) is 10. The van der Waals surface area contributed by atoms with Crippen molar-refractivity contribution in [1.29, 1.82) is 0 Å². The lowest BCUT2D eigenvalue weighted by molar-refractivity contribution is 0.953. The predicted molar refractivity (Wildman–Crippen MR) is 413 cm³/mol. The molecule has 0 spiro atoms. The van der Waals surface area contributed by atoms with Crippen molar-refractivity contribution in [3.63, 3.8) is 0 Å². The van der Waals surface area contributed by atoms with Crippen LogP contribution in [-0.4, -0.2) is 59.0 Å². The van der Waals surface area contributed by atoms with Crippen molar-refractivity contribution >= 4 is 87.2 Å². The topological polar surface area (TPSA) is 139 Å². The Bertz CT molecular complexity index is 6470.